The van der Waals surface area contributed by atoms with Gasteiger partial charge in [-0.25, -0.2) is 0 Å². The van der Waals surface area contributed by atoms with Gasteiger partial charge in [-0.1, -0.05) is 19.0 Å². The highest BCUT2D eigenvalue weighted by atomic mass is 16.5. The van der Waals surface area contributed by atoms with Crippen molar-refractivity contribution < 1.29 is 14.4 Å². The standard InChI is InChI=1S/C14H24N4O3/c1-11(2)9-13-15-12(16-21-13)10-18-7-5-17(6-8-18)4-3-14(19)20/h11H,3-10H2,1-2H3,(H,19,20). The van der Waals surface area contributed by atoms with Gasteiger partial charge in [0, 0.05) is 39.1 Å². The first-order valence-corrected chi connectivity index (χ1v) is 7.51. The number of carboxylic acid groups (broad SMARTS) is 1. The number of carboxylic acids is 1. The first-order valence-electron chi connectivity index (χ1n) is 7.51. The van der Waals surface area contributed by atoms with Crippen LogP contribution in [0, 0.1) is 5.92 Å². The van der Waals surface area contributed by atoms with Crippen molar-refractivity contribution in [2.45, 2.75) is 33.2 Å². The average Bonchev–Trinajstić information content (AvgIpc) is 2.84. The first kappa shape index (κ1) is 15.9. The molecule has 0 saturated carbocycles. The normalized spacial score (nSPS) is 17.5. The Morgan fingerprint density at radius 3 is 2.57 bits per heavy atom. The second-order valence-corrected chi connectivity index (χ2v) is 5.96. The molecule has 1 fully saturated rings. The summed E-state index contributed by atoms with van der Waals surface area (Å²) in [5, 5.41) is 12.7. The maximum atomic E-state index is 10.6. The van der Waals surface area contributed by atoms with Gasteiger partial charge in [0.25, 0.3) is 0 Å². The Kier molecular flexibility index (Phi) is 5.69. The van der Waals surface area contributed by atoms with Crippen molar-refractivity contribution in [2.75, 3.05) is 32.7 Å². The summed E-state index contributed by atoms with van der Waals surface area (Å²) in [5.74, 6) is 1.22. The second-order valence-electron chi connectivity index (χ2n) is 5.96. The van der Waals surface area contributed by atoms with Crippen LogP contribution in [-0.2, 0) is 17.8 Å². The van der Waals surface area contributed by atoms with Gasteiger partial charge in [0.05, 0.1) is 13.0 Å². The average molecular weight is 296 g/mol. The van der Waals surface area contributed by atoms with E-state index in [4.69, 9.17) is 9.63 Å². The molecule has 0 radical (unpaired) electrons. The van der Waals surface area contributed by atoms with Gasteiger partial charge in [0.1, 0.15) is 0 Å². The van der Waals surface area contributed by atoms with Crippen molar-refractivity contribution in [3.63, 3.8) is 0 Å². The summed E-state index contributed by atoms with van der Waals surface area (Å²) in [7, 11) is 0. The lowest BCUT2D eigenvalue weighted by atomic mass is 10.1. The molecule has 1 saturated heterocycles. The fourth-order valence-corrected chi connectivity index (χ4v) is 2.41. The van der Waals surface area contributed by atoms with Crippen LogP contribution in [0.25, 0.3) is 0 Å². The van der Waals surface area contributed by atoms with E-state index in [1.54, 1.807) is 0 Å². The quantitative estimate of drug-likeness (QED) is 0.799. The van der Waals surface area contributed by atoms with Crippen LogP contribution >= 0.6 is 0 Å². The third-order valence-corrected chi connectivity index (χ3v) is 3.56. The van der Waals surface area contributed by atoms with Crippen LogP contribution < -0.4 is 0 Å². The fourth-order valence-electron chi connectivity index (χ4n) is 2.41. The number of rotatable bonds is 7. The maximum absolute atomic E-state index is 10.6. The van der Waals surface area contributed by atoms with E-state index in [-0.39, 0.29) is 6.42 Å². The number of hydrogen-bond acceptors (Lipinski definition) is 6. The molecule has 0 unspecified atom stereocenters. The largest absolute Gasteiger partial charge is 0.481 e. The van der Waals surface area contributed by atoms with Crippen LogP contribution in [0.5, 0.6) is 0 Å². The molecule has 0 bridgehead atoms. The summed E-state index contributed by atoms with van der Waals surface area (Å²) in [5.41, 5.74) is 0. The molecule has 0 atom stereocenters. The van der Waals surface area contributed by atoms with E-state index < -0.39 is 5.97 Å². The van der Waals surface area contributed by atoms with Crippen LogP contribution in [0.4, 0.5) is 0 Å². The van der Waals surface area contributed by atoms with Gasteiger partial charge in [0.15, 0.2) is 5.82 Å². The molecular formula is C14H24N4O3. The van der Waals surface area contributed by atoms with E-state index in [2.05, 4.69) is 33.8 Å². The van der Waals surface area contributed by atoms with E-state index in [1.807, 2.05) is 0 Å². The van der Waals surface area contributed by atoms with Gasteiger partial charge in [-0.2, -0.15) is 4.98 Å². The van der Waals surface area contributed by atoms with Crippen molar-refractivity contribution in [1.82, 2.24) is 19.9 Å². The first-order chi connectivity index (χ1) is 10.0. The molecule has 7 nitrogen and oxygen atoms in total. The van der Waals surface area contributed by atoms with Crippen LogP contribution in [0.1, 0.15) is 32.0 Å². The Bertz CT molecular complexity index is 453. The van der Waals surface area contributed by atoms with Crippen molar-refractivity contribution in [2.24, 2.45) is 5.92 Å². The molecule has 1 aromatic heterocycles. The van der Waals surface area contributed by atoms with Crippen molar-refractivity contribution >= 4 is 5.97 Å². The van der Waals surface area contributed by atoms with Gasteiger partial charge in [-0.05, 0) is 5.92 Å². The Hall–Kier alpha value is -1.47. The zero-order valence-electron chi connectivity index (χ0n) is 12.8. The Labute approximate surface area is 124 Å². The van der Waals surface area contributed by atoms with Gasteiger partial charge in [-0.15, -0.1) is 0 Å². The summed E-state index contributed by atoms with van der Waals surface area (Å²) in [6.07, 6.45) is 1.03. The molecule has 0 aliphatic carbocycles. The summed E-state index contributed by atoms with van der Waals surface area (Å²) in [6, 6.07) is 0. The molecule has 1 aliphatic rings. The van der Waals surface area contributed by atoms with E-state index in [0.29, 0.717) is 24.9 Å². The molecular weight excluding hydrogens is 272 g/mol. The SMILES string of the molecule is CC(C)Cc1nc(CN2CCN(CCC(=O)O)CC2)no1. The van der Waals surface area contributed by atoms with Crippen molar-refractivity contribution in [3.8, 4) is 0 Å². The molecule has 118 valence electrons. The predicted molar refractivity (Wildman–Crippen MR) is 76.8 cm³/mol. The number of carbonyl (C=O) groups is 1. The minimum absolute atomic E-state index is 0.212. The lowest BCUT2D eigenvalue weighted by molar-refractivity contribution is -0.137. The number of piperazine rings is 1. The molecule has 2 rings (SSSR count). The molecule has 0 amide bonds. The molecule has 7 heteroatoms. The molecule has 0 aromatic carbocycles. The van der Waals surface area contributed by atoms with E-state index in [1.165, 1.54) is 0 Å². The highest BCUT2D eigenvalue weighted by Crippen LogP contribution is 2.09. The topological polar surface area (TPSA) is 82.7 Å². The van der Waals surface area contributed by atoms with Crippen LogP contribution in [0.15, 0.2) is 4.52 Å². The minimum atomic E-state index is -0.734. The number of aromatic nitrogens is 2. The van der Waals surface area contributed by atoms with E-state index >= 15 is 0 Å². The maximum Gasteiger partial charge on any atom is 0.304 e. The molecule has 21 heavy (non-hydrogen) atoms. The molecule has 1 N–H and O–H groups in total. The van der Waals surface area contributed by atoms with Gasteiger partial charge < -0.3 is 14.5 Å². The fraction of sp³-hybridized carbons (Fsp3) is 0.786. The van der Waals surface area contributed by atoms with E-state index in [9.17, 15) is 4.79 Å². The predicted octanol–water partition coefficient (Wildman–Crippen LogP) is 0.860. The zero-order valence-corrected chi connectivity index (χ0v) is 12.8. The highest BCUT2D eigenvalue weighted by Gasteiger charge is 2.19. The second kappa shape index (κ2) is 7.51. The zero-order chi connectivity index (χ0) is 15.2. The third kappa shape index (κ3) is 5.43. The smallest absolute Gasteiger partial charge is 0.304 e. The number of nitrogens with zero attached hydrogens (tertiary/aromatic N) is 4. The summed E-state index contributed by atoms with van der Waals surface area (Å²) in [6.45, 7) is 9.19. The monoisotopic (exact) mass is 296 g/mol. The van der Waals surface area contributed by atoms with Crippen molar-refractivity contribution in [1.29, 1.82) is 0 Å². The summed E-state index contributed by atoms with van der Waals surface area (Å²) in [4.78, 5) is 19.4. The van der Waals surface area contributed by atoms with E-state index in [0.717, 1.165) is 38.4 Å². The number of aliphatic carboxylic acids is 1. The van der Waals surface area contributed by atoms with Gasteiger partial charge in [0.2, 0.25) is 5.89 Å². The Morgan fingerprint density at radius 2 is 1.95 bits per heavy atom. The van der Waals surface area contributed by atoms with Crippen LogP contribution in [0.2, 0.25) is 0 Å². The van der Waals surface area contributed by atoms with Crippen LogP contribution in [0.3, 0.4) is 0 Å². The number of hydrogen-bond donors (Lipinski definition) is 1. The van der Waals surface area contributed by atoms with Crippen LogP contribution in [-0.4, -0.2) is 63.7 Å². The summed E-state index contributed by atoms with van der Waals surface area (Å²) < 4.78 is 5.24. The molecule has 0 spiro atoms. The van der Waals surface area contributed by atoms with Crippen molar-refractivity contribution in [3.05, 3.63) is 11.7 Å². The Balaban J connectivity index is 1.73. The lowest BCUT2D eigenvalue weighted by Gasteiger charge is -2.33. The lowest BCUT2D eigenvalue weighted by Crippen LogP contribution is -2.46. The van der Waals surface area contributed by atoms with Gasteiger partial charge >= 0.3 is 5.97 Å². The molecule has 1 aromatic rings. The highest BCUT2D eigenvalue weighted by molar-refractivity contribution is 5.66. The third-order valence-electron chi connectivity index (χ3n) is 3.56. The summed E-state index contributed by atoms with van der Waals surface area (Å²) >= 11 is 0. The minimum Gasteiger partial charge on any atom is -0.481 e. The molecule has 1 aliphatic heterocycles. The van der Waals surface area contributed by atoms with Gasteiger partial charge in [-0.3, -0.25) is 9.69 Å². The molecule has 2 heterocycles. The Morgan fingerprint density at radius 1 is 1.29 bits per heavy atom.